The highest BCUT2D eigenvalue weighted by atomic mass is 32.2. The van der Waals surface area contributed by atoms with Crippen molar-refractivity contribution in [3.63, 3.8) is 0 Å². The Morgan fingerprint density at radius 2 is 2.10 bits per heavy atom. The molecule has 1 aliphatic heterocycles. The van der Waals surface area contributed by atoms with E-state index in [0.717, 1.165) is 5.82 Å². The highest BCUT2D eigenvalue weighted by Gasteiger charge is 2.23. The van der Waals surface area contributed by atoms with Crippen molar-refractivity contribution in [2.75, 3.05) is 12.8 Å². The van der Waals surface area contributed by atoms with Gasteiger partial charge in [0.25, 0.3) is 10.1 Å². The number of aryl methyl sites for hydroxylation is 1. The first-order valence-corrected chi connectivity index (χ1v) is 8.69. The average molecular weight is 303 g/mol. The Labute approximate surface area is 121 Å². The number of nitrogens with zero attached hydrogens (tertiary/aromatic N) is 2. The van der Waals surface area contributed by atoms with E-state index in [1.54, 1.807) is 0 Å². The largest absolute Gasteiger partial charge is 0.335 e. The van der Waals surface area contributed by atoms with Crippen molar-refractivity contribution in [1.29, 1.82) is 0 Å². The van der Waals surface area contributed by atoms with Gasteiger partial charge in [-0.25, -0.2) is 4.98 Å². The van der Waals surface area contributed by atoms with Crippen molar-refractivity contribution < 1.29 is 13.0 Å². The van der Waals surface area contributed by atoms with Crippen LogP contribution in [-0.4, -0.2) is 41.4 Å². The lowest BCUT2D eigenvalue weighted by Gasteiger charge is -2.29. The molecule has 1 fully saturated rings. The van der Waals surface area contributed by atoms with Gasteiger partial charge in [-0.15, -0.1) is 0 Å². The first-order chi connectivity index (χ1) is 9.20. The van der Waals surface area contributed by atoms with E-state index in [1.807, 2.05) is 6.20 Å². The van der Waals surface area contributed by atoms with E-state index in [-0.39, 0.29) is 0 Å². The molecule has 7 heteroatoms. The third kappa shape index (κ3) is 5.60. The van der Waals surface area contributed by atoms with Crippen molar-refractivity contribution in [3.8, 4) is 0 Å². The molecule has 6 nitrogen and oxygen atoms in total. The number of piperidine rings is 1. The van der Waals surface area contributed by atoms with Crippen LogP contribution < -0.4 is 5.32 Å². The van der Waals surface area contributed by atoms with Crippen LogP contribution in [0.4, 0.5) is 0 Å². The van der Waals surface area contributed by atoms with Crippen LogP contribution >= 0.6 is 0 Å². The third-order valence-electron chi connectivity index (χ3n) is 3.67. The van der Waals surface area contributed by atoms with Gasteiger partial charge in [0.15, 0.2) is 0 Å². The Hall–Kier alpha value is -0.920. The van der Waals surface area contributed by atoms with Crippen molar-refractivity contribution in [3.05, 3.63) is 17.7 Å². The monoisotopic (exact) mass is 303 g/mol. The molecule has 2 unspecified atom stereocenters. The lowest BCUT2D eigenvalue weighted by molar-refractivity contribution is 0.354. The van der Waals surface area contributed by atoms with Crippen molar-refractivity contribution >= 4 is 10.1 Å². The standard InChI is InChI=1S/C12H21N3.CH4O3S/c1-9(11-6-4-5-7-13-11)12-8-14-10(2)15(12)3;1-5(2,3)4/h8-9,11,13H,4-7H2,1-3H3;1H3,(H,2,3,4). The zero-order chi connectivity index (χ0) is 15.3. The minimum atomic E-state index is -3.67. The number of nitrogens with one attached hydrogen (secondary N) is 1. The zero-order valence-electron chi connectivity index (χ0n) is 12.6. The molecule has 0 spiro atoms. The van der Waals surface area contributed by atoms with Gasteiger partial charge in [-0.05, 0) is 26.3 Å². The zero-order valence-corrected chi connectivity index (χ0v) is 13.4. The van der Waals surface area contributed by atoms with Crippen LogP contribution in [0.2, 0.25) is 0 Å². The van der Waals surface area contributed by atoms with Gasteiger partial charge in [0, 0.05) is 30.9 Å². The molecule has 2 rings (SSSR count). The molecule has 0 amide bonds. The van der Waals surface area contributed by atoms with Gasteiger partial charge in [-0.3, -0.25) is 4.55 Å². The molecule has 1 aromatic heterocycles. The maximum Gasteiger partial charge on any atom is 0.261 e. The number of aromatic nitrogens is 2. The van der Waals surface area contributed by atoms with Crippen LogP contribution in [0.1, 0.15) is 43.6 Å². The third-order valence-corrected chi connectivity index (χ3v) is 3.67. The molecule has 1 aliphatic rings. The fraction of sp³-hybridized carbons (Fsp3) is 0.769. The van der Waals surface area contributed by atoms with Crippen LogP contribution in [-0.2, 0) is 17.2 Å². The molecule has 1 aromatic rings. The van der Waals surface area contributed by atoms with Crippen molar-refractivity contribution in [1.82, 2.24) is 14.9 Å². The summed E-state index contributed by atoms with van der Waals surface area (Å²) < 4.78 is 28.1. The molecule has 20 heavy (non-hydrogen) atoms. The summed E-state index contributed by atoms with van der Waals surface area (Å²) in [6.07, 6.45) is 6.72. The molecule has 2 atom stereocenters. The van der Waals surface area contributed by atoms with Gasteiger partial charge in [0.2, 0.25) is 0 Å². The van der Waals surface area contributed by atoms with Crippen LogP contribution in [0.5, 0.6) is 0 Å². The van der Waals surface area contributed by atoms with Crippen LogP contribution in [0.25, 0.3) is 0 Å². The summed E-state index contributed by atoms with van der Waals surface area (Å²) in [5, 5.41) is 3.61. The second kappa shape index (κ2) is 7.19. The highest BCUT2D eigenvalue weighted by molar-refractivity contribution is 7.85. The average Bonchev–Trinajstić information content (AvgIpc) is 2.68. The topological polar surface area (TPSA) is 84.2 Å². The number of imidazole rings is 1. The minimum Gasteiger partial charge on any atom is -0.335 e. The molecule has 0 aliphatic carbocycles. The fourth-order valence-corrected chi connectivity index (χ4v) is 2.45. The predicted octanol–water partition coefficient (Wildman–Crippen LogP) is 1.48. The first-order valence-electron chi connectivity index (χ1n) is 6.84. The molecule has 0 aromatic carbocycles. The molecule has 2 heterocycles. The summed E-state index contributed by atoms with van der Waals surface area (Å²) in [5.41, 5.74) is 1.35. The van der Waals surface area contributed by atoms with E-state index < -0.39 is 10.1 Å². The molecular weight excluding hydrogens is 278 g/mol. The van der Waals surface area contributed by atoms with E-state index in [4.69, 9.17) is 4.55 Å². The Morgan fingerprint density at radius 1 is 1.50 bits per heavy atom. The Balaban J connectivity index is 0.000000347. The number of rotatable bonds is 2. The summed E-state index contributed by atoms with van der Waals surface area (Å²) in [5.74, 6) is 1.67. The second-order valence-corrected chi connectivity index (χ2v) is 6.83. The smallest absolute Gasteiger partial charge is 0.261 e. The molecule has 0 radical (unpaired) electrons. The summed E-state index contributed by atoms with van der Waals surface area (Å²) >= 11 is 0. The Kier molecular flexibility index (Phi) is 6.16. The van der Waals surface area contributed by atoms with Crippen molar-refractivity contribution in [2.24, 2.45) is 7.05 Å². The van der Waals surface area contributed by atoms with Gasteiger partial charge >= 0.3 is 0 Å². The SMILES string of the molecule is CS(=O)(=O)O.Cc1ncc(C(C)C2CCCCN2)n1C. The summed E-state index contributed by atoms with van der Waals surface area (Å²) in [4.78, 5) is 4.37. The normalized spacial score (nSPS) is 20.9. The van der Waals surface area contributed by atoms with Gasteiger partial charge in [0.05, 0.1) is 6.26 Å². The van der Waals surface area contributed by atoms with Crippen LogP contribution in [0.3, 0.4) is 0 Å². The van der Waals surface area contributed by atoms with Crippen LogP contribution in [0, 0.1) is 6.92 Å². The first kappa shape index (κ1) is 17.1. The Morgan fingerprint density at radius 3 is 2.50 bits per heavy atom. The van der Waals surface area contributed by atoms with E-state index in [1.165, 1.54) is 31.5 Å². The molecule has 0 bridgehead atoms. The minimum absolute atomic E-state index is 0.566. The van der Waals surface area contributed by atoms with Gasteiger partial charge in [0.1, 0.15) is 5.82 Å². The maximum atomic E-state index is 9.19. The summed E-state index contributed by atoms with van der Waals surface area (Å²) in [6, 6.07) is 0.633. The number of hydrogen-bond acceptors (Lipinski definition) is 4. The summed E-state index contributed by atoms with van der Waals surface area (Å²) in [6.45, 7) is 5.54. The van der Waals surface area contributed by atoms with Crippen LogP contribution in [0.15, 0.2) is 6.20 Å². The van der Waals surface area contributed by atoms with Gasteiger partial charge in [-0.1, -0.05) is 13.3 Å². The predicted molar refractivity (Wildman–Crippen MR) is 79.5 cm³/mol. The molecule has 2 N–H and O–H groups in total. The highest BCUT2D eigenvalue weighted by Crippen LogP contribution is 2.24. The van der Waals surface area contributed by atoms with Gasteiger partial charge in [-0.2, -0.15) is 8.42 Å². The van der Waals surface area contributed by atoms with Crippen molar-refractivity contribution in [2.45, 2.75) is 45.1 Å². The Bertz CT molecular complexity index is 511. The summed E-state index contributed by atoms with van der Waals surface area (Å²) in [7, 11) is -1.56. The van der Waals surface area contributed by atoms with E-state index >= 15 is 0 Å². The number of hydrogen-bond donors (Lipinski definition) is 2. The maximum absolute atomic E-state index is 9.19. The molecule has 0 saturated carbocycles. The van der Waals surface area contributed by atoms with E-state index in [0.29, 0.717) is 18.2 Å². The van der Waals surface area contributed by atoms with E-state index in [9.17, 15) is 8.42 Å². The molecular formula is C13H25N3O3S. The lowest BCUT2D eigenvalue weighted by atomic mass is 9.91. The second-order valence-electron chi connectivity index (χ2n) is 5.37. The van der Waals surface area contributed by atoms with Gasteiger partial charge < -0.3 is 9.88 Å². The molecule has 116 valence electrons. The quantitative estimate of drug-likeness (QED) is 0.808. The molecule has 1 saturated heterocycles. The lowest BCUT2D eigenvalue weighted by Crippen LogP contribution is -2.38. The van der Waals surface area contributed by atoms with E-state index in [2.05, 4.69) is 35.8 Å². The fourth-order valence-electron chi connectivity index (χ4n) is 2.45.